The molecule has 0 spiro atoms. The van der Waals surface area contributed by atoms with Crippen LogP contribution in [0.4, 0.5) is 0 Å². The minimum atomic E-state index is -0.711. The highest BCUT2D eigenvalue weighted by Gasteiger charge is 2.11. The lowest BCUT2D eigenvalue weighted by atomic mass is 10.3. The molecule has 0 saturated carbocycles. The molecule has 0 fully saturated rings. The molecule has 122 valence electrons. The summed E-state index contributed by atoms with van der Waals surface area (Å²) in [6, 6.07) is 12.0. The number of hydrogen-bond acceptors (Lipinski definition) is 5. The van der Waals surface area contributed by atoms with E-state index in [0.717, 1.165) is 0 Å². The Bertz CT molecular complexity index is 885. The van der Waals surface area contributed by atoms with E-state index in [2.05, 4.69) is 9.97 Å². The topological polar surface area (TPSA) is 61.3 Å². The van der Waals surface area contributed by atoms with E-state index < -0.39 is 11.3 Å². The highest BCUT2D eigenvalue weighted by molar-refractivity contribution is 6.64. The first kappa shape index (κ1) is 16.5. The van der Waals surface area contributed by atoms with Gasteiger partial charge in [0.25, 0.3) is 5.24 Å². The first-order chi connectivity index (χ1) is 11.5. The van der Waals surface area contributed by atoms with Gasteiger partial charge in [0, 0.05) is 5.02 Å². The van der Waals surface area contributed by atoms with Crippen LogP contribution in [-0.2, 0) is 4.79 Å². The van der Waals surface area contributed by atoms with Crippen LogP contribution in [0.1, 0.15) is 6.92 Å². The van der Waals surface area contributed by atoms with Crippen LogP contribution in [0.3, 0.4) is 0 Å². The minimum absolute atomic E-state index is 0.364. The number of rotatable bonds is 5. The molecule has 0 aliphatic rings. The Morgan fingerprint density at radius 3 is 2.50 bits per heavy atom. The van der Waals surface area contributed by atoms with E-state index in [-0.39, 0.29) is 0 Å². The second-order valence-corrected chi connectivity index (χ2v) is 5.79. The molecular formula is C17H12Cl2N2O3. The van der Waals surface area contributed by atoms with Crippen LogP contribution < -0.4 is 9.47 Å². The van der Waals surface area contributed by atoms with Gasteiger partial charge in [0.05, 0.1) is 17.2 Å². The van der Waals surface area contributed by atoms with Gasteiger partial charge < -0.3 is 9.47 Å². The second kappa shape index (κ2) is 7.03. The van der Waals surface area contributed by atoms with Crippen molar-refractivity contribution in [1.29, 1.82) is 0 Å². The molecule has 3 rings (SSSR count). The third-order valence-electron chi connectivity index (χ3n) is 3.16. The normalized spacial score (nSPS) is 12.0. The van der Waals surface area contributed by atoms with Crippen LogP contribution in [-0.4, -0.2) is 21.3 Å². The van der Waals surface area contributed by atoms with E-state index in [1.165, 1.54) is 6.20 Å². The summed E-state index contributed by atoms with van der Waals surface area (Å²) in [5.41, 5.74) is 1.38. The van der Waals surface area contributed by atoms with E-state index in [4.69, 9.17) is 32.7 Å². The molecule has 0 saturated heterocycles. The highest BCUT2D eigenvalue weighted by atomic mass is 35.5. The molecule has 0 bridgehead atoms. The predicted octanol–water partition coefficient (Wildman–Crippen LogP) is 4.61. The van der Waals surface area contributed by atoms with Gasteiger partial charge in [-0.15, -0.1) is 0 Å². The number of carbonyl (C=O) groups excluding carboxylic acids is 1. The Balaban J connectivity index is 1.74. The van der Waals surface area contributed by atoms with E-state index in [1.807, 2.05) is 0 Å². The quantitative estimate of drug-likeness (QED) is 0.620. The van der Waals surface area contributed by atoms with Gasteiger partial charge in [-0.2, -0.15) is 0 Å². The van der Waals surface area contributed by atoms with Gasteiger partial charge in [-0.05, 0) is 61.0 Å². The number of hydrogen-bond donors (Lipinski definition) is 0. The Morgan fingerprint density at radius 1 is 1.08 bits per heavy atom. The summed E-state index contributed by atoms with van der Waals surface area (Å²) >= 11 is 11.3. The van der Waals surface area contributed by atoms with Gasteiger partial charge in [-0.25, -0.2) is 9.97 Å². The number of aromatic nitrogens is 2. The monoisotopic (exact) mass is 362 g/mol. The molecule has 0 unspecified atom stereocenters. The molecule has 5 nitrogen and oxygen atoms in total. The summed E-state index contributed by atoms with van der Waals surface area (Å²) in [6.45, 7) is 1.58. The number of ether oxygens (including phenoxy) is 2. The van der Waals surface area contributed by atoms with Crippen molar-refractivity contribution >= 4 is 39.5 Å². The van der Waals surface area contributed by atoms with Gasteiger partial charge in [-0.1, -0.05) is 11.6 Å². The fourth-order valence-electron chi connectivity index (χ4n) is 1.97. The smallest absolute Gasteiger partial charge is 0.262 e. The highest BCUT2D eigenvalue weighted by Crippen LogP contribution is 2.25. The predicted molar refractivity (Wildman–Crippen MR) is 92.0 cm³/mol. The van der Waals surface area contributed by atoms with Crippen LogP contribution >= 0.6 is 23.2 Å². The standard InChI is InChI=1S/C17H12Cl2N2O3/c1-10(17(19)22)23-12-3-5-13(6-4-12)24-16-9-20-15-8-11(18)2-7-14(15)21-16/h2-10H,1H3/t10-/m0/s1. The Morgan fingerprint density at radius 2 is 1.79 bits per heavy atom. The maximum Gasteiger partial charge on any atom is 0.262 e. The molecule has 24 heavy (non-hydrogen) atoms. The summed E-state index contributed by atoms with van der Waals surface area (Å²) in [7, 11) is 0. The molecule has 0 amide bonds. The summed E-state index contributed by atoms with van der Waals surface area (Å²) in [4.78, 5) is 19.6. The van der Waals surface area contributed by atoms with Gasteiger partial charge in [-0.3, -0.25) is 4.79 Å². The molecule has 3 aromatic rings. The van der Waals surface area contributed by atoms with Crippen LogP contribution in [0, 0.1) is 0 Å². The van der Waals surface area contributed by atoms with Crippen LogP contribution in [0.2, 0.25) is 5.02 Å². The molecule has 0 aliphatic carbocycles. The summed E-state index contributed by atoms with van der Waals surface area (Å²) < 4.78 is 11.0. The molecule has 7 heteroatoms. The molecule has 1 aromatic heterocycles. The van der Waals surface area contributed by atoms with Crippen molar-refractivity contribution in [2.24, 2.45) is 0 Å². The zero-order valence-corrected chi connectivity index (χ0v) is 14.1. The zero-order chi connectivity index (χ0) is 17.1. The number of nitrogens with zero attached hydrogens (tertiary/aromatic N) is 2. The third-order valence-corrected chi connectivity index (χ3v) is 3.70. The molecule has 2 aromatic carbocycles. The van der Waals surface area contributed by atoms with Crippen LogP contribution in [0.25, 0.3) is 11.0 Å². The maximum absolute atomic E-state index is 11.0. The maximum atomic E-state index is 11.0. The van der Waals surface area contributed by atoms with Gasteiger partial charge in [0.2, 0.25) is 5.88 Å². The van der Waals surface area contributed by atoms with Gasteiger partial charge >= 0.3 is 0 Å². The first-order valence-corrected chi connectivity index (χ1v) is 7.83. The van der Waals surface area contributed by atoms with Crippen molar-refractivity contribution in [3.63, 3.8) is 0 Å². The summed E-state index contributed by atoms with van der Waals surface area (Å²) in [6.07, 6.45) is 0.814. The van der Waals surface area contributed by atoms with Crippen molar-refractivity contribution in [3.8, 4) is 17.4 Å². The fraction of sp³-hybridized carbons (Fsp3) is 0.118. The lowest BCUT2D eigenvalue weighted by Gasteiger charge is -2.11. The number of halogens is 2. The average Bonchev–Trinajstić information content (AvgIpc) is 2.56. The molecule has 0 radical (unpaired) electrons. The number of fused-ring (bicyclic) bond motifs is 1. The third kappa shape index (κ3) is 3.93. The minimum Gasteiger partial charge on any atom is -0.482 e. The zero-order valence-electron chi connectivity index (χ0n) is 12.6. The van der Waals surface area contributed by atoms with Crippen LogP contribution in [0.15, 0.2) is 48.7 Å². The number of benzene rings is 2. The largest absolute Gasteiger partial charge is 0.482 e. The van der Waals surface area contributed by atoms with Crippen molar-refractivity contribution < 1.29 is 14.3 Å². The summed E-state index contributed by atoms with van der Waals surface area (Å²) in [5.74, 6) is 1.45. The molecule has 0 aliphatic heterocycles. The van der Waals surface area contributed by atoms with Crippen molar-refractivity contribution in [3.05, 3.63) is 53.7 Å². The van der Waals surface area contributed by atoms with E-state index >= 15 is 0 Å². The Labute approximate surface area is 148 Å². The van der Waals surface area contributed by atoms with E-state index in [1.54, 1.807) is 49.4 Å². The Hall–Kier alpha value is -2.37. The Kier molecular flexibility index (Phi) is 4.83. The second-order valence-electron chi connectivity index (χ2n) is 4.98. The fourth-order valence-corrected chi connectivity index (χ4v) is 2.18. The SMILES string of the molecule is C[C@H](Oc1ccc(Oc2cnc3cc(Cl)ccc3n2)cc1)C(=O)Cl. The van der Waals surface area contributed by atoms with Gasteiger partial charge in [0.15, 0.2) is 6.10 Å². The first-order valence-electron chi connectivity index (χ1n) is 7.07. The van der Waals surface area contributed by atoms with Crippen molar-refractivity contribution in [2.45, 2.75) is 13.0 Å². The van der Waals surface area contributed by atoms with Crippen molar-refractivity contribution in [2.75, 3.05) is 0 Å². The molecule has 0 N–H and O–H groups in total. The average molecular weight is 363 g/mol. The van der Waals surface area contributed by atoms with Crippen LogP contribution in [0.5, 0.6) is 17.4 Å². The van der Waals surface area contributed by atoms with Crippen molar-refractivity contribution in [1.82, 2.24) is 9.97 Å². The van der Waals surface area contributed by atoms with E-state index in [0.29, 0.717) is 33.4 Å². The van der Waals surface area contributed by atoms with Gasteiger partial charge in [0.1, 0.15) is 11.5 Å². The lowest BCUT2D eigenvalue weighted by Crippen LogP contribution is -2.18. The number of carbonyl (C=O) groups is 1. The molecule has 1 heterocycles. The lowest BCUT2D eigenvalue weighted by molar-refractivity contribution is -0.117. The van der Waals surface area contributed by atoms with E-state index in [9.17, 15) is 4.79 Å². The molecular weight excluding hydrogens is 351 g/mol. The summed E-state index contributed by atoms with van der Waals surface area (Å²) in [5, 5.41) is 0.0487. The molecule has 1 atom stereocenters.